The number of hydrogen-bond acceptors (Lipinski definition) is 1. The molecule has 0 saturated heterocycles. The summed E-state index contributed by atoms with van der Waals surface area (Å²) in [6.07, 6.45) is 0. The highest BCUT2D eigenvalue weighted by Gasteiger charge is 2.05. The molecule has 0 aromatic heterocycles. The van der Waals surface area contributed by atoms with Gasteiger partial charge in [-0.15, -0.1) is 0 Å². The van der Waals surface area contributed by atoms with E-state index in [1.165, 1.54) is 11.1 Å². The van der Waals surface area contributed by atoms with Gasteiger partial charge in [-0.05, 0) is 30.5 Å². The van der Waals surface area contributed by atoms with E-state index in [0.717, 1.165) is 5.56 Å². The molecule has 0 aliphatic rings. The summed E-state index contributed by atoms with van der Waals surface area (Å²) in [6, 6.07) is 6.07. The Morgan fingerprint density at radius 1 is 1.38 bits per heavy atom. The molecular weight excluding hydrogens is 162 g/mol. The number of hydrogen-bond donors (Lipinski definition) is 0. The van der Waals surface area contributed by atoms with Crippen LogP contribution in [-0.4, -0.2) is 0 Å². The quantitative estimate of drug-likeness (QED) is 0.374. The van der Waals surface area contributed by atoms with Crippen molar-refractivity contribution in [1.82, 2.24) is 0 Å². The van der Waals surface area contributed by atoms with Gasteiger partial charge in [-0.25, -0.2) is 0 Å². The van der Waals surface area contributed by atoms with Crippen molar-refractivity contribution in [3.05, 3.63) is 45.3 Å². The van der Waals surface area contributed by atoms with Gasteiger partial charge in [0.1, 0.15) is 0 Å². The second-order valence-corrected chi connectivity index (χ2v) is 3.24. The monoisotopic (exact) mass is 175 g/mol. The molecule has 0 amide bonds. The van der Waals surface area contributed by atoms with Crippen molar-refractivity contribution in [2.75, 3.05) is 0 Å². The second kappa shape index (κ2) is 3.97. The Labute approximate surface area is 78.0 Å². The van der Waals surface area contributed by atoms with E-state index < -0.39 is 0 Å². The lowest BCUT2D eigenvalue weighted by molar-refractivity contribution is 0.799. The molecule has 1 rings (SSSR count). The molecule has 0 aliphatic heterocycles. The summed E-state index contributed by atoms with van der Waals surface area (Å²) in [7, 11) is 0. The summed E-state index contributed by atoms with van der Waals surface area (Å²) >= 11 is 0. The molecule has 3 nitrogen and oxygen atoms in total. The van der Waals surface area contributed by atoms with Crippen molar-refractivity contribution in [3.63, 3.8) is 0 Å². The van der Waals surface area contributed by atoms with Gasteiger partial charge in [-0.1, -0.05) is 35.8 Å². The lowest BCUT2D eigenvalue weighted by Crippen LogP contribution is -1.92. The van der Waals surface area contributed by atoms with Crippen molar-refractivity contribution in [2.45, 2.75) is 26.8 Å². The fraction of sp³-hybridized carbons (Fsp3) is 0.400. The molecule has 0 heterocycles. The predicted molar refractivity (Wildman–Crippen MR) is 53.5 cm³/mol. The number of aryl methyl sites for hydroxylation is 2. The molecule has 1 atom stereocenters. The zero-order valence-corrected chi connectivity index (χ0v) is 8.15. The molecule has 68 valence electrons. The smallest absolute Gasteiger partial charge is 0.0599 e. The van der Waals surface area contributed by atoms with Crippen molar-refractivity contribution < 1.29 is 0 Å². The average Bonchev–Trinajstić information content (AvgIpc) is 2.04. The zero-order chi connectivity index (χ0) is 9.84. The standard InChI is InChI=1S/C10H13N3/c1-7-4-5-10(8(2)6-7)9(3)12-13-11/h4-6,9H,1-3H3/t9-/m0/s1. The predicted octanol–water partition coefficient (Wildman–Crippen LogP) is 3.67. The van der Waals surface area contributed by atoms with Gasteiger partial charge in [0.25, 0.3) is 0 Å². The molecule has 1 aromatic carbocycles. The van der Waals surface area contributed by atoms with Crippen molar-refractivity contribution >= 4 is 0 Å². The third-order valence-corrected chi connectivity index (χ3v) is 2.10. The number of nitrogens with zero attached hydrogens (tertiary/aromatic N) is 3. The third kappa shape index (κ3) is 2.23. The van der Waals surface area contributed by atoms with Gasteiger partial charge < -0.3 is 0 Å². The number of azide groups is 1. The lowest BCUT2D eigenvalue weighted by atomic mass is 10.0. The molecule has 0 radical (unpaired) electrons. The Morgan fingerprint density at radius 2 is 2.08 bits per heavy atom. The van der Waals surface area contributed by atoms with Crippen LogP contribution in [0.1, 0.15) is 29.7 Å². The SMILES string of the molecule is Cc1ccc([C@H](C)N=[N+]=[N-])c(C)c1. The van der Waals surface area contributed by atoms with Crippen LogP contribution in [-0.2, 0) is 0 Å². The molecule has 0 N–H and O–H groups in total. The summed E-state index contributed by atoms with van der Waals surface area (Å²) in [5.41, 5.74) is 11.8. The normalized spacial score (nSPS) is 11.9. The van der Waals surface area contributed by atoms with E-state index in [1.807, 2.05) is 26.0 Å². The van der Waals surface area contributed by atoms with Gasteiger partial charge in [0, 0.05) is 4.91 Å². The fourth-order valence-electron chi connectivity index (χ4n) is 1.43. The van der Waals surface area contributed by atoms with E-state index in [0.29, 0.717) is 0 Å². The Hall–Kier alpha value is -1.47. The first kappa shape index (κ1) is 9.62. The third-order valence-electron chi connectivity index (χ3n) is 2.10. The van der Waals surface area contributed by atoms with Crippen LogP contribution in [0.5, 0.6) is 0 Å². The largest absolute Gasteiger partial charge is 0.0862 e. The molecule has 0 spiro atoms. The summed E-state index contributed by atoms with van der Waals surface area (Å²) in [4.78, 5) is 2.80. The highest BCUT2D eigenvalue weighted by atomic mass is 15.1. The molecule has 0 unspecified atom stereocenters. The summed E-state index contributed by atoms with van der Waals surface area (Å²) in [5, 5.41) is 3.67. The first-order chi connectivity index (χ1) is 6.15. The average molecular weight is 175 g/mol. The second-order valence-electron chi connectivity index (χ2n) is 3.24. The minimum atomic E-state index is -0.0781. The molecular formula is C10H13N3. The molecule has 0 saturated carbocycles. The molecule has 13 heavy (non-hydrogen) atoms. The zero-order valence-electron chi connectivity index (χ0n) is 8.15. The van der Waals surface area contributed by atoms with Crippen LogP contribution in [0, 0.1) is 13.8 Å². The molecule has 0 fully saturated rings. The minimum absolute atomic E-state index is 0.0781. The first-order valence-corrected chi connectivity index (χ1v) is 4.26. The van der Waals surface area contributed by atoms with Gasteiger partial charge >= 0.3 is 0 Å². The van der Waals surface area contributed by atoms with Crippen LogP contribution in [0.15, 0.2) is 23.3 Å². The van der Waals surface area contributed by atoms with Gasteiger partial charge in [-0.2, -0.15) is 0 Å². The lowest BCUT2D eigenvalue weighted by Gasteiger charge is -2.09. The van der Waals surface area contributed by atoms with Crippen LogP contribution < -0.4 is 0 Å². The van der Waals surface area contributed by atoms with E-state index in [-0.39, 0.29) is 6.04 Å². The van der Waals surface area contributed by atoms with Gasteiger partial charge in [0.05, 0.1) is 6.04 Å². The highest BCUT2D eigenvalue weighted by molar-refractivity contribution is 5.32. The Kier molecular flexibility index (Phi) is 2.93. The van der Waals surface area contributed by atoms with Crippen LogP contribution in [0.2, 0.25) is 0 Å². The Balaban J connectivity index is 3.08. The maximum Gasteiger partial charge on any atom is 0.0599 e. The van der Waals surface area contributed by atoms with Gasteiger partial charge in [0.15, 0.2) is 0 Å². The van der Waals surface area contributed by atoms with Crippen molar-refractivity contribution in [2.24, 2.45) is 5.11 Å². The summed E-state index contributed by atoms with van der Waals surface area (Å²) < 4.78 is 0. The van der Waals surface area contributed by atoms with Crippen LogP contribution in [0.4, 0.5) is 0 Å². The summed E-state index contributed by atoms with van der Waals surface area (Å²) in [6.45, 7) is 5.98. The first-order valence-electron chi connectivity index (χ1n) is 4.26. The molecule has 1 aromatic rings. The van der Waals surface area contributed by atoms with E-state index in [2.05, 4.69) is 23.0 Å². The van der Waals surface area contributed by atoms with Crippen LogP contribution in [0.3, 0.4) is 0 Å². The number of benzene rings is 1. The van der Waals surface area contributed by atoms with E-state index >= 15 is 0 Å². The highest BCUT2D eigenvalue weighted by Crippen LogP contribution is 2.21. The Morgan fingerprint density at radius 3 is 2.62 bits per heavy atom. The van der Waals surface area contributed by atoms with E-state index in [1.54, 1.807) is 0 Å². The number of rotatable bonds is 2. The van der Waals surface area contributed by atoms with E-state index in [9.17, 15) is 0 Å². The molecule has 0 bridgehead atoms. The molecule has 3 heteroatoms. The van der Waals surface area contributed by atoms with E-state index in [4.69, 9.17) is 5.53 Å². The molecule has 0 aliphatic carbocycles. The van der Waals surface area contributed by atoms with Crippen LogP contribution in [0.25, 0.3) is 10.4 Å². The minimum Gasteiger partial charge on any atom is -0.0862 e. The summed E-state index contributed by atoms with van der Waals surface area (Å²) in [5.74, 6) is 0. The van der Waals surface area contributed by atoms with Crippen LogP contribution >= 0.6 is 0 Å². The van der Waals surface area contributed by atoms with Crippen molar-refractivity contribution in [3.8, 4) is 0 Å². The van der Waals surface area contributed by atoms with Gasteiger partial charge in [0.2, 0.25) is 0 Å². The Bertz CT molecular complexity index is 351. The van der Waals surface area contributed by atoms with Crippen molar-refractivity contribution in [1.29, 1.82) is 0 Å². The maximum atomic E-state index is 8.30. The maximum absolute atomic E-state index is 8.30. The van der Waals surface area contributed by atoms with Gasteiger partial charge in [-0.3, -0.25) is 0 Å². The topological polar surface area (TPSA) is 48.8 Å². The fourth-order valence-corrected chi connectivity index (χ4v) is 1.43.